The molecule has 1 heterocycles. The topological polar surface area (TPSA) is 66.9 Å². The number of aryl methyl sites for hydroxylation is 2. The van der Waals surface area contributed by atoms with E-state index in [2.05, 4.69) is 38.8 Å². The van der Waals surface area contributed by atoms with Gasteiger partial charge in [0, 0.05) is 19.4 Å². The molecule has 0 bridgehead atoms. The zero-order valence-corrected chi connectivity index (χ0v) is 13.6. The average Bonchev–Trinajstić information content (AvgIpc) is 2.61. The molecule has 0 fully saturated rings. The summed E-state index contributed by atoms with van der Waals surface area (Å²) in [6, 6.07) is 6.52. The van der Waals surface area contributed by atoms with Crippen molar-refractivity contribution in [3.63, 3.8) is 0 Å². The highest BCUT2D eigenvalue weighted by molar-refractivity contribution is 5.93. The smallest absolute Gasteiger partial charge is 0.254 e. The van der Waals surface area contributed by atoms with Crippen molar-refractivity contribution in [2.45, 2.75) is 38.6 Å². The lowest BCUT2D eigenvalue weighted by Gasteiger charge is -2.20. The Morgan fingerprint density at radius 3 is 2.52 bits per heavy atom. The van der Waals surface area contributed by atoms with Gasteiger partial charge in [0.2, 0.25) is 5.95 Å². The number of fused-ring (bicyclic) bond motifs is 1. The fourth-order valence-corrected chi connectivity index (χ4v) is 2.96. The summed E-state index contributed by atoms with van der Waals surface area (Å²) in [5, 5.41) is 5.85. The number of nitrogens with zero attached hydrogens (tertiary/aromatic N) is 2. The van der Waals surface area contributed by atoms with E-state index in [1.807, 2.05) is 6.92 Å². The number of benzene rings is 1. The Hall–Kier alpha value is -2.43. The SMILES string of the molecule is CNc1ncc(C(=O)NC(C)c2ccc3c(c2)CCCC3)cn1. The second-order valence-corrected chi connectivity index (χ2v) is 5.98. The Morgan fingerprint density at radius 2 is 1.83 bits per heavy atom. The fraction of sp³-hybridized carbons (Fsp3) is 0.389. The molecule has 0 spiro atoms. The van der Waals surface area contributed by atoms with Crippen LogP contribution in [0.2, 0.25) is 0 Å². The molecule has 1 aromatic heterocycles. The highest BCUT2D eigenvalue weighted by Gasteiger charge is 2.15. The lowest BCUT2D eigenvalue weighted by Crippen LogP contribution is -2.27. The highest BCUT2D eigenvalue weighted by atomic mass is 16.1. The minimum absolute atomic E-state index is 0.0429. The third-order valence-electron chi connectivity index (χ3n) is 4.36. The predicted molar refractivity (Wildman–Crippen MR) is 90.5 cm³/mol. The molecule has 0 radical (unpaired) electrons. The third kappa shape index (κ3) is 3.50. The third-order valence-corrected chi connectivity index (χ3v) is 4.36. The molecule has 0 saturated carbocycles. The minimum atomic E-state index is -0.155. The van der Waals surface area contributed by atoms with Gasteiger partial charge in [-0.05, 0) is 49.3 Å². The van der Waals surface area contributed by atoms with Gasteiger partial charge >= 0.3 is 0 Å². The first-order chi connectivity index (χ1) is 11.2. The van der Waals surface area contributed by atoms with E-state index in [0.29, 0.717) is 11.5 Å². The normalized spacial score (nSPS) is 14.7. The second-order valence-electron chi connectivity index (χ2n) is 5.98. The van der Waals surface area contributed by atoms with Crippen molar-refractivity contribution < 1.29 is 4.79 Å². The van der Waals surface area contributed by atoms with Gasteiger partial charge in [0.05, 0.1) is 11.6 Å². The van der Waals surface area contributed by atoms with Crippen molar-refractivity contribution in [1.82, 2.24) is 15.3 Å². The summed E-state index contributed by atoms with van der Waals surface area (Å²) >= 11 is 0. The molecule has 1 aromatic carbocycles. The molecular weight excluding hydrogens is 288 g/mol. The first-order valence-electron chi connectivity index (χ1n) is 8.09. The van der Waals surface area contributed by atoms with Crippen LogP contribution in [0, 0.1) is 0 Å². The van der Waals surface area contributed by atoms with Crippen LogP contribution in [-0.2, 0) is 12.8 Å². The number of carbonyl (C=O) groups excluding carboxylic acids is 1. The molecular formula is C18H22N4O. The number of hydrogen-bond donors (Lipinski definition) is 2. The predicted octanol–water partition coefficient (Wildman–Crippen LogP) is 2.89. The van der Waals surface area contributed by atoms with Crippen LogP contribution < -0.4 is 10.6 Å². The Morgan fingerprint density at radius 1 is 1.13 bits per heavy atom. The standard InChI is InChI=1S/C18H22N4O/c1-12(14-8-7-13-5-3-4-6-15(13)9-14)22-17(23)16-10-20-18(19-2)21-11-16/h7-12H,3-6H2,1-2H3,(H,22,23)(H,19,20,21). The van der Waals surface area contributed by atoms with Gasteiger partial charge in [0.1, 0.15) is 0 Å². The molecule has 1 unspecified atom stereocenters. The summed E-state index contributed by atoms with van der Waals surface area (Å²) in [6.45, 7) is 2.01. The van der Waals surface area contributed by atoms with E-state index >= 15 is 0 Å². The Kier molecular flexibility index (Phi) is 4.55. The number of aromatic nitrogens is 2. The number of hydrogen-bond acceptors (Lipinski definition) is 4. The molecule has 1 atom stereocenters. The van der Waals surface area contributed by atoms with Crippen LogP contribution in [0.4, 0.5) is 5.95 Å². The van der Waals surface area contributed by atoms with Crippen LogP contribution in [0.3, 0.4) is 0 Å². The molecule has 5 heteroatoms. The maximum atomic E-state index is 12.3. The van der Waals surface area contributed by atoms with Gasteiger partial charge in [-0.25, -0.2) is 9.97 Å². The van der Waals surface area contributed by atoms with Crippen molar-refractivity contribution in [2.24, 2.45) is 0 Å². The molecule has 2 N–H and O–H groups in total. The summed E-state index contributed by atoms with van der Waals surface area (Å²) in [7, 11) is 1.74. The average molecular weight is 310 g/mol. The van der Waals surface area contributed by atoms with Crippen LogP contribution in [0.25, 0.3) is 0 Å². The number of nitrogens with one attached hydrogen (secondary N) is 2. The quantitative estimate of drug-likeness (QED) is 0.911. The molecule has 5 nitrogen and oxygen atoms in total. The first-order valence-corrected chi connectivity index (χ1v) is 8.09. The van der Waals surface area contributed by atoms with Crippen molar-refractivity contribution in [3.8, 4) is 0 Å². The van der Waals surface area contributed by atoms with Crippen LogP contribution in [-0.4, -0.2) is 22.9 Å². The number of rotatable bonds is 4. The lowest BCUT2D eigenvalue weighted by molar-refractivity contribution is 0.0939. The molecule has 1 aliphatic carbocycles. The maximum absolute atomic E-state index is 12.3. The maximum Gasteiger partial charge on any atom is 0.254 e. The summed E-state index contributed by atoms with van der Waals surface area (Å²) in [6.07, 6.45) is 7.92. The number of carbonyl (C=O) groups is 1. The summed E-state index contributed by atoms with van der Waals surface area (Å²) in [5.74, 6) is 0.349. The van der Waals surface area contributed by atoms with Gasteiger partial charge in [0.25, 0.3) is 5.91 Å². The van der Waals surface area contributed by atoms with E-state index in [9.17, 15) is 4.79 Å². The minimum Gasteiger partial charge on any atom is -0.357 e. The van der Waals surface area contributed by atoms with E-state index in [1.165, 1.54) is 42.8 Å². The summed E-state index contributed by atoms with van der Waals surface area (Å²) in [5.41, 5.74) is 4.49. The van der Waals surface area contributed by atoms with Crippen LogP contribution >= 0.6 is 0 Å². The molecule has 0 aliphatic heterocycles. The van der Waals surface area contributed by atoms with Crippen molar-refractivity contribution in [2.75, 3.05) is 12.4 Å². The Balaban J connectivity index is 1.70. The van der Waals surface area contributed by atoms with Gasteiger partial charge in [-0.2, -0.15) is 0 Å². The Bertz CT molecular complexity index is 697. The fourth-order valence-electron chi connectivity index (χ4n) is 2.96. The molecule has 23 heavy (non-hydrogen) atoms. The van der Waals surface area contributed by atoms with Crippen LogP contribution in [0.5, 0.6) is 0 Å². The van der Waals surface area contributed by atoms with Gasteiger partial charge in [-0.1, -0.05) is 18.2 Å². The number of amides is 1. The molecule has 3 rings (SSSR count). The molecule has 0 saturated heterocycles. The van der Waals surface area contributed by atoms with Gasteiger partial charge in [0.15, 0.2) is 0 Å². The van der Waals surface area contributed by atoms with Crippen LogP contribution in [0.1, 0.15) is 52.9 Å². The summed E-state index contributed by atoms with van der Waals surface area (Å²) < 4.78 is 0. The second kappa shape index (κ2) is 6.77. The van der Waals surface area contributed by atoms with Gasteiger partial charge in [-0.15, -0.1) is 0 Å². The van der Waals surface area contributed by atoms with Gasteiger partial charge < -0.3 is 10.6 Å². The Labute approximate surface area is 136 Å². The molecule has 120 valence electrons. The van der Waals surface area contributed by atoms with E-state index < -0.39 is 0 Å². The van der Waals surface area contributed by atoms with Crippen LogP contribution in [0.15, 0.2) is 30.6 Å². The van der Waals surface area contributed by atoms with E-state index in [0.717, 1.165) is 12.0 Å². The highest BCUT2D eigenvalue weighted by Crippen LogP contribution is 2.24. The number of anilines is 1. The molecule has 2 aromatic rings. The monoisotopic (exact) mass is 310 g/mol. The zero-order chi connectivity index (χ0) is 16.2. The molecule has 1 aliphatic rings. The zero-order valence-electron chi connectivity index (χ0n) is 13.6. The largest absolute Gasteiger partial charge is 0.357 e. The summed E-state index contributed by atoms with van der Waals surface area (Å²) in [4.78, 5) is 20.5. The van der Waals surface area contributed by atoms with Crippen molar-refractivity contribution >= 4 is 11.9 Å². The van der Waals surface area contributed by atoms with E-state index in [-0.39, 0.29) is 11.9 Å². The van der Waals surface area contributed by atoms with E-state index in [4.69, 9.17) is 0 Å². The lowest BCUT2D eigenvalue weighted by atomic mass is 9.89. The van der Waals surface area contributed by atoms with Crippen molar-refractivity contribution in [1.29, 1.82) is 0 Å². The van der Waals surface area contributed by atoms with Gasteiger partial charge in [-0.3, -0.25) is 4.79 Å². The molecule has 1 amide bonds. The first kappa shape index (κ1) is 15.5. The van der Waals surface area contributed by atoms with Crippen molar-refractivity contribution in [3.05, 3.63) is 52.8 Å². The van der Waals surface area contributed by atoms with E-state index in [1.54, 1.807) is 7.05 Å².